The van der Waals surface area contributed by atoms with Crippen LogP contribution < -0.4 is 9.64 Å². The topological polar surface area (TPSA) is 62.7 Å². The number of aromatic hydroxyl groups is 1. The molecule has 0 aliphatic rings. The van der Waals surface area contributed by atoms with E-state index in [9.17, 15) is 9.90 Å². The van der Waals surface area contributed by atoms with Crippen LogP contribution in [0, 0.1) is 0 Å². The van der Waals surface area contributed by atoms with Gasteiger partial charge >= 0.3 is 0 Å². The molecule has 0 aliphatic heterocycles. The fourth-order valence-corrected chi connectivity index (χ4v) is 1.66. The van der Waals surface area contributed by atoms with Crippen LogP contribution in [0.25, 0.3) is 0 Å². The van der Waals surface area contributed by atoms with Crippen molar-refractivity contribution in [1.82, 2.24) is 4.98 Å². The predicted molar refractivity (Wildman–Crippen MR) is 71.6 cm³/mol. The van der Waals surface area contributed by atoms with Gasteiger partial charge in [-0.05, 0) is 24.3 Å². The van der Waals surface area contributed by atoms with E-state index in [1.54, 1.807) is 44.5 Å². The number of ether oxygens (including phenoxy) is 1. The van der Waals surface area contributed by atoms with E-state index in [1.165, 1.54) is 17.2 Å². The van der Waals surface area contributed by atoms with E-state index >= 15 is 0 Å². The first-order valence-electron chi connectivity index (χ1n) is 5.69. The number of methoxy groups -OCH3 is 1. The third kappa shape index (κ3) is 2.65. The maximum Gasteiger partial charge on any atom is 0.280 e. The van der Waals surface area contributed by atoms with Gasteiger partial charge < -0.3 is 14.7 Å². The average molecular weight is 258 g/mol. The molecule has 0 spiro atoms. The number of pyridine rings is 1. The Morgan fingerprint density at radius 1 is 1.32 bits per heavy atom. The number of hydrogen-bond donors (Lipinski definition) is 1. The minimum absolute atomic E-state index is 0.0211. The zero-order valence-electron chi connectivity index (χ0n) is 10.7. The molecule has 1 amide bonds. The first kappa shape index (κ1) is 12.9. The number of amides is 1. The lowest BCUT2D eigenvalue weighted by atomic mass is 10.2. The van der Waals surface area contributed by atoms with Crippen molar-refractivity contribution in [3.05, 3.63) is 48.3 Å². The van der Waals surface area contributed by atoms with Crippen LogP contribution in [0.3, 0.4) is 0 Å². The van der Waals surface area contributed by atoms with Gasteiger partial charge in [-0.2, -0.15) is 0 Å². The Labute approximate surface area is 111 Å². The standard InChI is InChI=1S/C14H14N2O3/c1-16(10-5-3-6-11(9-10)19-2)14(18)13-12(17)7-4-8-15-13/h3-9,17H,1-2H3. The van der Waals surface area contributed by atoms with Crippen molar-refractivity contribution in [3.8, 4) is 11.5 Å². The van der Waals surface area contributed by atoms with Gasteiger partial charge in [-0.25, -0.2) is 4.98 Å². The maximum absolute atomic E-state index is 12.2. The molecule has 0 atom stereocenters. The van der Waals surface area contributed by atoms with Gasteiger partial charge in [-0.15, -0.1) is 0 Å². The van der Waals surface area contributed by atoms with Gasteiger partial charge in [0, 0.05) is 25.0 Å². The summed E-state index contributed by atoms with van der Waals surface area (Å²) in [4.78, 5) is 17.5. The van der Waals surface area contributed by atoms with Gasteiger partial charge in [0.2, 0.25) is 0 Å². The predicted octanol–water partition coefficient (Wildman–Crippen LogP) is 2.07. The molecule has 2 rings (SSSR count). The van der Waals surface area contributed by atoms with E-state index < -0.39 is 0 Å². The molecule has 19 heavy (non-hydrogen) atoms. The average Bonchev–Trinajstić information content (AvgIpc) is 2.46. The monoisotopic (exact) mass is 258 g/mol. The molecule has 0 bridgehead atoms. The van der Waals surface area contributed by atoms with Crippen molar-refractivity contribution in [2.75, 3.05) is 19.1 Å². The summed E-state index contributed by atoms with van der Waals surface area (Å²) in [6.45, 7) is 0. The van der Waals surface area contributed by atoms with E-state index in [0.717, 1.165) is 0 Å². The number of aromatic nitrogens is 1. The maximum atomic E-state index is 12.2. The van der Waals surface area contributed by atoms with Crippen molar-refractivity contribution in [2.45, 2.75) is 0 Å². The molecule has 5 heteroatoms. The zero-order valence-corrected chi connectivity index (χ0v) is 10.7. The van der Waals surface area contributed by atoms with Crippen LogP contribution >= 0.6 is 0 Å². The van der Waals surface area contributed by atoms with Crippen molar-refractivity contribution in [3.63, 3.8) is 0 Å². The van der Waals surface area contributed by atoms with Crippen LogP contribution in [0.5, 0.6) is 11.5 Å². The molecule has 98 valence electrons. The Balaban J connectivity index is 2.31. The molecule has 0 saturated carbocycles. The number of hydrogen-bond acceptors (Lipinski definition) is 4. The summed E-state index contributed by atoms with van der Waals surface area (Å²) in [7, 11) is 3.18. The van der Waals surface area contributed by atoms with Gasteiger partial charge in [0.25, 0.3) is 5.91 Å². The van der Waals surface area contributed by atoms with E-state index in [1.807, 2.05) is 0 Å². The van der Waals surface area contributed by atoms with E-state index in [4.69, 9.17) is 4.74 Å². The second kappa shape index (κ2) is 5.39. The number of nitrogens with zero attached hydrogens (tertiary/aromatic N) is 2. The lowest BCUT2D eigenvalue weighted by molar-refractivity contribution is 0.0985. The lowest BCUT2D eigenvalue weighted by Crippen LogP contribution is -2.27. The molecule has 2 aromatic rings. The van der Waals surface area contributed by atoms with Crippen LogP contribution in [0.1, 0.15) is 10.5 Å². The van der Waals surface area contributed by atoms with Crippen LogP contribution in [-0.2, 0) is 0 Å². The van der Waals surface area contributed by atoms with Crippen molar-refractivity contribution < 1.29 is 14.6 Å². The van der Waals surface area contributed by atoms with Gasteiger partial charge in [0.1, 0.15) is 11.5 Å². The second-order valence-electron chi connectivity index (χ2n) is 3.94. The molecule has 0 unspecified atom stereocenters. The Hall–Kier alpha value is -2.56. The molecule has 1 N–H and O–H groups in total. The fraction of sp³-hybridized carbons (Fsp3) is 0.143. The first-order chi connectivity index (χ1) is 9.13. The Morgan fingerprint density at radius 3 is 2.79 bits per heavy atom. The van der Waals surface area contributed by atoms with Crippen LogP contribution in [0.15, 0.2) is 42.6 Å². The van der Waals surface area contributed by atoms with Gasteiger partial charge in [-0.3, -0.25) is 4.79 Å². The highest BCUT2D eigenvalue weighted by atomic mass is 16.5. The zero-order chi connectivity index (χ0) is 13.8. The van der Waals surface area contributed by atoms with Crippen molar-refractivity contribution >= 4 is 11.6 Å². The summed E-state index contributed by atoms with van der Waals surface area (Å²) < 4.78 is 5.11. The molecule has 1 aromatic carbocycles. The van der Waals surface area contributed by atoms with Gasteiger partial charge in [0.05, 0.1) is 7.11 Å². The summed E-state index contributed by atoms with van der Waals surface area (Å²) >= 11 is 0. The molecule has 0 aliphatic carbocycles. The smallest absolute Gasteiger partial charge is 0.280 e. The van der Waals surface area contributed by atoms with E-state index in [-0.39, 0.29) is 17.4 Å². The quantitative estimate of drug-likeness (QED) is 0.915. The third-order valence-corrected chi connectivity index (χ3v) is 2.73. The molecule has 5 nitrogen and oxygen atoms in total. The van der Waals surface area contributed by atoms with Gasteiger partial charge in [0.15, 0.2) is 5.69 Å². The number of benzene rings is 1. The van der Waals surface area contributed by atoms with Crippen LogP contribution in [0.4, 0.5) is 5.69 Å². The molecular formula is C14H14N2O3. The minimum Gasteiger partial charge on any atom is -0.505 e. The first-order valence-corrected chi connectivity index (χ1v) is 5.69. The SMILES string of the molecule is COc1cccc(N(C)C(=O)c2ncccc2O)c1. The Bertz CT molecular complexity index is 599. The van der Waals surface area contributed by atoms with Crippen molar-refractivity contribution in [1.29, 1.82) is 0 Å². The van der Waals surface area contributed by atoms with Crippen LogP contribution in [-0.4, -0.2) is 30.2 Å². The Morgan fingerprint density at radius 2 is 2.11 bits per heavy atom. The second-order valence-corrected chi connectivity index (χ2v) is 3.94. The van der Waals surface area contributed by atoms with Gasteiger partial charge in [-0.1, -0.05) is 6.07 Å². The largest absolute Gasteiger partial charge is 0.505 e. The number of anilines is 1. The summed E-state index contributed by atoms with van der Waals surface area (Å²) in [5, 5.41) is 9.64. The molecule has 1 heterocycles. The molecular weight excluding hydrogens is 244 g/mol. The summed E-state index contributed by atoms with van der Waals surface area (Å²) in [6.07, 6.45) is 1.46. The highest BCUT2D eigenvalue weighted by Crippen LogP contribution is 2.23. The normalized spacial score (nSPS) is 10.0. The van der Waals surface area contributed by atoms with Crippen molar-refractivity contribution in [2.24, 2.45) is 0 Å². The number of carbonyl (C=O) groups excluding carboxylic acids is 1. The summed E-state index contributed by atoms with van der Waals surface area (Å²) in [5.41, 5.74) is 0.683. The minimum atomic E-state index is -0.383. The van der Waals surface area contributed by atoms with E-state index in [2.05, 4.69) is 4.98 Å². The summed E-state index contributed by atoms with van der Waals surface area (Å²) in [6, 6.07) is 10.1. The molecule has 0 fully saturated rings. The lowest BCUT2D eigenvalue weighted by Gasteiger charge is -2.17. The van der Waals surface area contributed by atoms with Crippen LogP contribution in [0.2, 0.25) is 0 Å². The molecule has 0 saturated heterocycles. The Kier molecular flexibility index (Phi) is 3.66. The molecule has 1 aromatic heterocycles. The number of rotatable bonds is 3. The summed E-state index contributed by atoms with van der Waals surface area (Å²) in [5.74, 6) is 0.135. The highest BCUT2D eigenvalue weighted by molar-refractivity contribution is 6.06. The number of carbonyl (C=O) groups is 1. The third-order valence-electron chi connectivity index (χ3n) is 2.73. The fourth-order valence-electron chi connectivity index (χ4n) is 1.66. The van der Waals surface area contributed by atoms with E-state index in [0.29, 0.717) is 11.4 Å². The molecule has 0 radical (unpaired) electrons. The highest BCUT2D eigenvalue weighted by Gasteiger charge is 2.18.